The van der Waals surface area contributed by atoms with Crippen LogP contribution in [0, 0.1) is 0 Å². The first-order valence-corrected chi connectivity index (χ1v) is 6.98. The summed E-state index contributed by atoms with van der Waals surface area (Å²) in [5.41, 5.74) is 0.529. The number of rotatable bonds is 2. The van der Waals surface area contributed by atoms with Crippen LogP contribution in [0.2, 0.25) is 0 Å². The van der Waals surface area contributed by atoms with Gasteiger partial charge in [-0.2, -0.15) is 0 Å². The summed E-state index contributed by atoms with van der Waals surface area (Å²) < 4.78 is 0. The fourth-order valence-corrected chi connectivity index (χ4v) is 2.50. The van der Waals surface area contributed by atoms with E-state index in [4.69, 9.17) is 0 Å². The van der Waals surface area contributed by atoms with Crippen LogP contribution in [0.1, 0.15) is 10.4 Å². The number of piperazine rings is 1. The number of hydrogen-bond acceptors (Lipinski definition) is 4. The Hall–Kier alpha value is -2.56. The summed E-state index contributed by atoms with van der Waals surface area (Å²) in [6.07, 6.45) is 1.78. The summed E-state index contributed by atoms with van der Waals surface area (Å²) in [6.45, 7) is 2.85. The summed E-state index contributed by atoms with van der Waals surface area (Å²) >= 11 is 0. The van der Waals surface area contributed by atoms with Crippen molar-refractivity contribution in [3.63, 3.8) is 0 Å². The lowest BCUT2D eigenvalue weighted by atomic mass is 10.1. The number of benzene rings is 1. The standard InChI is InChI=1S/C16H17N3O2/c20-14-5-3-4-13(12-14)16(21)19-10-8-18(9-11-19)15-6-1-2-7-17-15/h1-7,12,20H,8-11H2. The topological polar surface area (TPSA) is 56.7 Å². The Kier molecular flexibility index (Phi) is 3.73. The number of phenolic OH excluding ortho intramolecular Hbond substituents is 1. The van der Waals surface area contributed by atoms with Crippen molar-refractivity contribution in [1.82, 2.24) is 9.88 Å². The Morgan fingerprint density at radius 2 is 1.86 bits per heavy atom. The number of hydrogen-bond donors (Lipinski definition) is 1. The Balaban J connectivity index is 1.64. The normalized spacial score (nSPS) is 15.0. The van der Waals surface area contributed by atoms with Gasteiger partial charge < -0.3 is 14.9 Å². The van der Waals surface area contributed by atoms with Gasteiger partial charge in [-0.3, -0.25) is 4.79 Å². The number of carbonyl (C=O) groups excluding carboxylic acids is 1. The van der Waals surface area contributed by atoms with Crippen LogP contribution in [0.5, 0.6) is 5.75 Å². The summed E-state index contributed by atoms with van der Waals surface area (Å²) in [6, 6.07) is 12.3. The van der Waals surface area contributed by atoms with Gasteiger partial charge in [0.15, 0.2) is 0 Å². The molecule has 1 aliphatic rings. The number of anilines is 1. The van der Waals surface area contributed by atoms with Gasteiger partial charge in [-0.1, -0.05) is 12.1 Å². The lowest BCUT2D eigenvalue weighted by molar-refractivity contribution is 0.0746. The SMILES string of the molecule is O=C(c1cccc(O)c1)N1CCN(c2ccccn2)CC1. The molecule has 108 valence electrons. The van der Waals surface area contributed by atoms with E-state index in [1.54, 1.807) is 24.4 Å². The largest absolute Gasteiger partial charge is 0.508 e. The maximum atomic E-state index is 12.4. The van der Waals surface area contributed by atoms with Crippen LogP contribution in [0.3, 0.4) is 0 Å². The maximum Gasteiger partial charge on any atom is 0.254 e. The maximum absolute atomic E-state index is 12.4. The molecule has 0 saturated carbocycles. The Bertz CT molecular complexity index is 622. The van der Waals surface area contributed by atoms with E-state index in [-0.39, 0.29) is 11.7 Å². The van der Waals surface area contributed by atoms with E-state index in [1.165, 1.54) is 6.07 Å². The van der Waals surface area contributed by atoms with Gasteiger partial charge >= 0.3 is 0 Å². The molecule has 1 saturated heterocycles. The van der Waals surface area contributed by atoms with Gasteiger partial charge in [0.05, 0.1) is 0 Å². The van der Waals surface area contributed by atoms with Crippen LogP contribution in [-0.2, 0) is 0 Å². The van der Waals surface area contributed by atoms with Crippen molar-refractivity contribution in [2.75, 3.05) is 31.1 Å². The number of nitrogens with zero attached hydrogens (tertiary/aromatic N) is 3. The van der Waals surface area contributed by atoms with Crippen LogP contribution in [0.25, 0.3) is 0 Å². The quantitative estimate of drug-likeness (QED) is 0.912. The second-order valence-electron chi connectivity index (χ2n) is 5.02. The van der Waals surface area contributed by atoms with E-state index in [9.17, 15) is 9.90 Å². The van der Waals surface area contributed by atoms with Gasteiger partial charge in [-0.05, 0) is 30.3 Å². The minimum absolute atomic E-state index is 0.0356. The number of pyridine rings is 1. The molecule has 3 rings (SSSR count). The summed E-state index contributed by atoms with van der Waals surface area (Å²) in [5, 5.41) is 9.46. The number of aromatic nitrogens is 1. The molecule has 5 heteroatoms. The van der Waals surface area contributed by atoms with Crippen molar-refractivity contribution >= 4 is 11.7 Å². The fourth-order valence-electron chi connectivity index (χ4n) is 2.50. The minimum atomic E-state index is -0.0356. The first-order valence-electron chi connectivity index (χ1n) is 6.98. The van der Waals surface area contributed by atoms with Gasteiger partial charge in [0.25, 0.3) is 5.91 Å². The molecule has 2 aromatic rings. The average Bonchev–Trinajstić information content (AvgIpc) is 2.55. The van der Waals surface area contributed by atoms with Crippen LogP contribution in [0.4, 0.5) is 5.82 Å². The second-order valence-corrected chi connectivity index (χ2v) is 5.02. The zero-order valence-corrected chi connectivity index (χ0v) is 11.6. The lowest BCUT2D eigenvalue weighted by Gasteiger charge is -2.35. The summed E-state index contributed by atoms with van der Waals surface area (Å²) in [5.74, 6) is 1.03. The zero-order valence-electron chi connectivity index (χ0n) is 11.6. The molecule has 0 spiro atoms. The van der Waals surface area contributed by atoms with Crippen LogP contribution >= 0.6 is 0 Å². The van der Waals surface area contributed by atoms with Gasteiger partial charge in [0.2, 0.25) is 0 Å². The fraction of sp³-hybridized carbons (Fsp3) is 0.250. The van der Waals surface area contributed by atoms with Crippen molar-refractivity contribution in [2.24, 2.45) is 0 Å². The van der Waals surface area contributed by atoms with Gasteiger partial charge in [0, 0.05) is 37.9 Å². The molecule has 0 bridgehead atoms. The van der Waals surface area contributed by atoms with Gasteiger partial charge in [0.1, 0.15) is 11.6 Å². The highest BCUT2D eigenvalue weighted by Crippen LogP contribution is 2.16. The molecule has 1 N–H and O–H groups in total. The molecule has 1 aromatic heterocycles. The molecule has 0 atom stereocenters. The van der Waals surface area contributed by atoms with Crippen LogP contribution in [0.15, 0.2) is 48.7 Å². The number of amides is 1. The van der Waals surface area contributed by atoms with E-state index < -0.39 is 0 Å². The minimum Gasteiger partial charge on any atom is -0.508 e. The third-order valence-corrected chi connectivity index (χ3v) is 3.63. The van der Waals surface area contributed by atoms with E-state index in [0.717, 1.165) is 18.9 Å². The average molecular weight is 283 g/mol. The van der Waals surface area contributed by atoms with Crippen molar-refractivity contribution in [1.29, 1.82) is 0 Å². The number of aromatic hydroxyl groups is 1. The van der Waals surface area contributed by atoms with Gasteiger partial charge in [-0.15, -0.1) is 0 Å². The first-order chi connectivity index (χ1) is 10.2. The first kappa shape index (κ1) is 13.4. The van der Waals surface area contributed by atoms with E-state index >= 15 is 0 Å². The molecule has 1 amide bonds. The highest BCUT2D eigenvalue weighted by molar-refractivity contribution is 5.94. The summed E-state index contributed by atoms with van der Waals surface area (Å²) in [4.78, 5) is 20.7. The third-order valence-electron chi connectivity index (χ3n) is 3.63. The lowest BCUT2D eigenvalue weighted by Crippen LogP contribution is -2.49. The molecule has 21 heavy (non-hydrogen) atoms. The van der Waals surface area contributed by atoms with Crippen molar-refractivity contribution in [3.8, 4) is 5.75 Å². The van der Waals surface area contributed by atoms with Gasteiger partial charge in [-0.25, -0.2) is 4.98 Å². The smallest absolute Gasteiger partial charge is 0.254 e. The Morgan fingerprint density at radius 1 is 1.05 bits per heavy atom. The number of phenols is 1. The molecular weight excluding hydrogens is 266 g/mol. The monoisotopic (exact) mass is 283 g/mol. The van der Waals surface area contributed by atoms with Crippen molar-refractivity contribution < 1.29 is 9.90 Å². The summed E-state index contributed by atoms with van der Waals surface area (Å²) in [7, 11) is 0. The molecule has 0 unspecified atom stereocenters. The number of carbonyl (C=O) groups is 1. The molecule has 0 radical (unpaired) electrons. The molecule has 5 nitrogen and oxygen atoms in total. The molecule has 2 heterocycles. The Morgan fingerprint density at radius 3 is 2.52 bits per heavy atom. The van der Waals surface area contributed by atoms with Crippen molar-refractivity contribution in [2.45, 2.75) is 0 Å². The molecule has 1 fully saturated rings. The van der Waals surface area contributed by atoms with Crippen LogP contribution < -0.4 is 4.90 Å². The second kappa shape index (κ2) is 5.83. The predicted molar refractivity (Wildman–Crippen MR) is 80.5 cm³/mol. The van der Waals surface area contributed by atoms with Crippen molar-refractivity contribution in [3.05, 3.63) is 54.2 Å². The van der Waals surface area contributed by atoms with E-state index in [2.05, 4.69) is 9.88 Å². The zero-order chi connectivity index (χ0) is 14.7. The van der Waals surface area contributed by atoms with Crippen LogP contribution in [-0.4, -0.2) is 47.1 Å². The molecule has 0 aliphatic carbocycles. The Labute approximate surface area is 123 Å². The van der Waals surface area contributed by atoms with E-state index in [0.29, 0.717) is 18.7 Å². The molecule has 1 aromatic carbocycles. The highest BCUT2D eigenvalue weighted by atomic mass is 16.3. The molecule has 1 aliphatic heterocycles. The third kappa shape index (κ3) is 2.97. The molecular formula is C16H17N3O2. The van der Waals surface area contributed by atoms with E-state index in [1.807, 2.05) is 23.1 Å². The predicted octanol–water partition coefficient (Wildman–Crippen LogP) is 1.75. The highest BCUT2D eigenvalue weighted by Gasteiger charge is 2.22.